The van der Waals surface area contributed by atoms with Crippen LogP contribution >= 0.6 is 0 Å². The van der Waals surface area contributed by atoms with Crippen LogP contribution in [-0.4, -0.2) is 42.8 Å². The van der Waals surface area contributed by atoms with Crippen molar-refractivity contribution in [1.29, 1.82) is 0 Å². The van der Waals surface area contributed by atoms with Crippen LogP contribution in [0.3, 0.4) is 0 Å². The Labute approximate surface area is 202 Å². The number of amides is 3. The summed E-state index contributed by atoms with van der Waals surface area (Å²) in [5, 5.41) is 4.57. The zero-order valence-corrected chi connectivity index (χ0v) is 19.7. The van der Waals surface area contributed by atoms with E-state index in [1.54, 1.807) is 69.3 Å². The Kier molecular flexibility index (Phi) is 7.75. The summed E-state index contributed by atoms with van der Waals surface area (Å²) in [6, 6.07) is 12.9. The third-order valence-electron chi connectivity index (χ3n) is 4.60. The van der Waals surface area contributed by atoms with Gasteiger partial charge < -0.3 is 24.3 Å². The van der Waals surface area contributed by atoms with Gasteiger partial charge in [-0.3, -0.25) is 10.1 Å². The number of carbonyl (C=O) groups is 4. The Morgan fingerprint density at radius 2 is 1.63 bits per heavy atom. The summed E-state index contributed by atoms with van der Waals surface area (Å²) < 4.78 is 20.6. The van der Waals surface area contributed by atoms with Crippen LogP contribution in [0.1, 0.15) is 31.9 Å². The number of methoxy groups -OCH3 is 1. The van der Waals surface area contributed by atoms with Crippen molar-refractivity contribution >= 4 is 30.1 Å². The lowest BCUT2D eigenvalue weighted by molar-refractivity contribution is -0.143. The molecule has 3 rings (SSSR count). The second-order valence-electron chi connectivity index (χ2n) is 8.59. The monoisotopic (exact) mass is 482 g/mol. The molecule has 0 aromatic heterocycles. The number of carbonyl (C=O) groups excluding carboxylic acids is 4. The highest BCUT2D eigenvalue weighted by molar-refractivity contribution is 6.09. The van der Waals surface area contributed by atoms with E-state index in [1.807, 2.05) is 5.32 Å². The van der Waals surface area contributed by atoms with Crippen molar-refractivity contribution in [2.45, 2.75) is 38.8 Å². The number of benzene rings is 2. The van der Waals surface area contributed by atoms with Gasteiger partial charge in [0, 0.05) is 6.42 Å². The van der Waals surface area contributed by atoms with Crippen molar-refractivity contribution in [2.75, 3.05) is 7.11 Å². The summed E-state index contributed by atoms with van der Waals surface area (Å²) in [6.45, 7) is 5.19. The maximum atomic E-state index is 12.1. The molecule has 1 heterocycles. The number of ether oxygens (including phenoxy) is 4. The smallest absolute Gasteiger partial charge is 0.419 e. The largest absolute Gasteiger partial charge is 0.467 e. The summed E-state index contributed by atoms with van der Waals surface area (Å²) in [5.74, 6) is -0.154. The molecule has 0 spiro atoms. The molecule has 0 bridgehead atoms. The van der Waals surface area contributed by atoms with Crippen molar-refractivity contribution in [3.05, 3.63) is 65.4 Å². The van der Waals surface area contributed by atoms with Gasteiger partial charge in [-0.25, -0.2) is 14.4 Å². The van der Waals surface area contributed by atoms with Crippen molar-refractivity contribution in [1.82, 2.24) is 10.6 Å². The topological polar surface area (TPSA) is 129 Å². The SMILES string of the molecule is COC(=O)C(Cc1ccc(Oc2ccc(C=C3OC(=O)NC3=O)cc2)cc1)NC(=O)OC(C)(C)C. The van der Waals surface area contributed by atoms with Gasteiger partial charge in [0.05, 0.1) is 7.11 Å². The molecule has 1 fully saturated rings. The van der Waals surface area contributed by atoms with Gasteiger partial charge in [-0.15, -0.1) is 0 Å². The van der Waals surface area contributed by atoms with Crippen molar-refractivity contribution in [2.24, 2.45) is 0 Å². The summed E-state index contributed by atoms with van der Waals surface area (Å²) in [4.78, 5) is 46.8. The van der Waals surface area contributed by atoms with E-state index in [9.17, 15) is 19.2 Å². The molecule has 1 aliphatic heterocycles. The number of alkyl carbamates (subject to hydrolysis) is 2. The summed E-state index contributed by atoms with van der Waals surface area (Å²) in [6.07, 6.45) is 0.136. The van der Waals surface area contributed by atoms with Gasteiger partial charge in [-0.1, -0.05) is 24.3 Å². The molecule has 1 saturated heterocycles. The molecular formula is C25H26N2O8. The van der Waals surface area contributed by atoms with E-state index >= 15 is 0 Å². The van der Waals surface area contributed by atoms with E-state index in [-0.39, 0.29) is 12.2 Å². The molecule has 10 nitrogen and oxygen atoms in total. The number of rotatable bonds is 7. The average Bonchev–Trinajstić information content (AvgIpc) is 3.10. The highest BCUT2D eigenvalue weighted by Gasteiger charge is 2.26. The molecule has 184 valence electrons. The van der Waals surface area contributed by atoms with Crippen molar-refractivity contribution < 1.29 is 38.1 Å². The van der Waals surface area contributed by atoms with E-state index in [0.717, 1.165) is 5.56 Å². The van der Waals surface area contributed by atoms with Crippen molar-refractivity contribution in [3.63, 3.8) is 0 Å². The fourth-order valence-electron chi connectivity index (χ4n) is 3.06. The summed E-state index contributed by atoms with van der Waals surface area (Å²) in [5.41, 5.74) is 0.727. The molecule has 1 unspecified atom stereocenters. The average molecular weight is 482 g/mol. The lowest BCUT2D eigenvalue weighted by Crippen LogP contribution is -2.45. The van der Waals surface area contributed by atoms with Crippen LogP contribution in [0.5, 0.6) is 11.5 Å². The Morgan fingerprint density at radius 3 is 2.14 bits per heavy atom. The first kappa shape index (κ1) is 25.3. The standard InChI is InChI=1S/C25H26N2O8/c1-25(2,3)35-24(31)26-19(22(29)32-4)13-15-5-9-17(10-6-15)33-18-11-7-16(8-12-18)14-20-21(28)27-23(30)34-20/h5-12,14,19H,13H2,1-4H3,(H,26,31)(H,27,28,30). The van der Waals surface area contributed by atoms with Gasteiger partial charge in [0.25, 0.3) is 5.91 Å². The van der Waals surface area contributed by atoms with Crippen LogP contribution in [0, 0.1) is 0 Å². The van der Waals surface area contributed by atoms with Crippen LogP contribution in [0.15, 0.2) is 54.3 Å². The van der Waals surface area contributed by atoms with Crippen LogP contribution in [0.2, 0.25) is 0 Å². The normalized spacial score (nSPS) is 15.1. The lowest BCUT2D eigenvalue weighted by Gasteiger charge is -2.22. The summed E-state index contributed by atoms with van der Waals surface area (Å²) >= 11 is 0. The van der Waals surface area contributed by atoms with Crippen LogP contribution in [0.4, 0.5) is 9.59 Å². The third kappa shape index (κ3) is 7.60. The first-order valence-corrected chi connectivity index (χ1v) is 10.7. The van der Waals surface area contributed by atoms with E-state index < -0.39 is 35.7 Å². The van der Waals surface area contributed by atoms with Crippen molar-refractivity contribution in [3.8, 4) is 11.5 Å². The molecule has 1 atom stereocenters. The molecular weight excluding hydrogens is 456 g/mol. The quantitative estimate of drug-likeness (QED) is 0.347. The molecule has 0 aliphatic carbocycles. The minimum Gasteiger partial charge on any atom is -0.467 e. The predicted molar refractivity (Wildman–Crippen MR) is 124 cm³/mol. The van der Waals surface area contributed by atoms with Crippen LogP contribution < -0.4 is 15.4 Å². The highest BCUT2D eigenvalue weighted by atomic mass is 16.6. The molecule has 0 radical (unpaired) electrons. The fourth-order valence-corrected chi connectivity index (χ4v) is 3.06. The first-order valence-electron chi connectivity index (χ1n) is 10.7. The maximum absolute atomic E-state index is 12.1. The second-order valence-corrected chi connectivity index (χ2v) is 8.59. The van der Waals surface area contributed by atoms with Gasteiger partial charge in [0.1, 0.15) is 23.1 Å². The zero-order chi connectivity index (χ0) is 25.6. The molecule has 3 amide bonds. The molecule has 2 N–H and O–H groups in total. The first-order chi connectivity index (χ1) is 16.5. The number of hydrogen-bond donors (Lipinski definition) is 2. The highest BCUT2D eigenvalue weighted by Crippen LogP contribution is 2.24. The maximum Gasteiger partial charge on any atom is 0.419 e. The molecule has 2 aromatic carbocycles. The van der Waals surface area contributed by atoms with Gasteiger partial charge in [-0.05, 0) is 62.2 Å². The molecule has 0 saturated carbocycles. The number of nitrogens with one attached hydrogen (secondary N) is 2. The minimum atomic E-state index is -0.912. The van der Waals surface area contributed by atoms with Crippen LogP contribution in [-0.2, 0) is 30.2 Å². The minimum absolute atomic E-state index is 0.0781. The van der Waals surface area contributed by atoms with E-state index in [1.165, 1.54) is 13.2 Å². The molecule has 35 heavy (non-hydrogen) atoms. The van der Waals surface area contributed by atoms with Crippen LogP contribution in [0.25, 0.3) is 6.08 Å². The lowest BCUT2D eigenvalue weighted by atomic mass is 10.1. The Bertz CT molecular complexity index is 1130. The molecule has 1 aliphatic rings. The Hall–Kier alpha value is -4.34. The van der Waals surface area contributed by atoms with E-state index in [4.69, 9.17) is 18.9 Å². The fraction of sp³-hybridized carbons (Fsp3) is 0.280. The molecule has 2 aromatic rings. The van der Waals surface area contributed by atoms with E-state index in [0.29, 0.717) is 17.1 Å². The Balaban J connectivity index is 1.61. The van der Waals surface area contributed by atoms with Gasteiger partial charge in [0.15, 0.2) is 5.76 Å². The number of cyclic esters (lactones) is 1. The van der Waals surface area contributed by atoms with Gasteiger partial charge >= 0.3 is 18.2 Å². The Morgan fingerprint density at radius 1 is 1.03 bits per heavy atom. The number of esters is 1. The zero-order valence-electron chi connectivity index (χ0n) is 19.7. The third-order valence-corrected chi connectivity index (χ3v) is 4.60. The molecule has 10 heteroatoms. The predicted octanol–water partition coefficient (Wildman–Crippen LogP) is 3.70. The van der Waals surface area contributed by atoms with Gasteiger partial charge in [0.2, 0.25) is 0 Å². The number of hydrogen-bond acceptors (Lipinski definition) is 8. The number of imide groups is 1. The summed E-state index contributed by atoms with van der Waals surface area (Å²) in [7, 11) is 1.25. The second kappa shape index (κ2) is 10.7. The van der Waals surface area contributed by atoms with Gasteiger partial charge in [-0.2, -0.15) is 0 Å². The van der Waals surface area contributed by atoms with E-state index in [2.05, 4.69) is 5.32 Å².